The molecule has 8 heteroatoms. The molecule has 0 bridgehead atoms. The fraction of sp³-hybridized carbons (Fsp3) is 0.167. The summed E-state index contributed by atoms with van der Waals surface area (Å²) in [5, 5.41) is 14.8. The van der Waals surface area contributed by atoms with E-state index >= 15 is 0 Å². The van der Waals surface area contributed by atoms with Crippen LogP contribution in [0, 0.1) is 5.41 Å². The molecule has 0 fully saturated rings. The Hall–Kier alpha value is -4.04. The number of anilines is 2. The van der Waals surface area contributed by atoms with E-state index in [4.69, 9.17) is 15.9 Å². The van der Waals surface area contributed by atoms with E-state index in [9.17, 15) is 4.79 Å². The Balaban J connectivity index is 0.000000654. The van der Waals surface area contributed by atoms with Crippen LogP contribution in [0.2, 0.25) is 0 Å². The number of ether oxygens (including phenoxy) is 1. The lowest BCUT2D eigenvalue weighted by atomic mass is 10.0. The first kappa shape index (κ1) is 24.2. The highest BCUT2D eigenvalue weighted by Crippen LogP contribution is 2.25. The summed E-state index contributed by atoms with van der Waals surface area (Å²) in [7, 11) is 1.87. The van der Waals surface area contributed by atoms with E-state index in [-0.39, 0.29) is 11.5 Å². The highest BCUT2D eigenvalue weighted by Gasteiger charge is 2.16. The first-order valence-electron chi connectivity index (χ1n) is 10.1. The number of nitrogens with two attached hydrogens (primary N) is 1. The third-order valence-electron chi connectivity index (χ3n) is 4.19. The molecule has 1 heterocycles. The van der Waals surface area contributed by atoms with Gasteiger partial charge in [-0.25, -0.2) is 9.97 Å². The van der Waals surface area contributed by atoms with Gasteiger partial charge >= 0.3 is 0 Å². The third-order valence-corrected chi connectivity index (χ3v) is 4.19. The molecule has 3 aromatic rings. The van der Waals surface area contributed by atoms with Crippen LogP contribution in [0.1, 0.15) is 18.1 Å². The Morgan fingerprint density at radius 2 is 1.75 bits per heavy atom. The smallest absolute Gasteiger partial charge is 0.142 e. The molecular formula is C24H28N6O2. The van der Waals surface area contributed by atoms with Gasteiger partial charge in [0.05, 0.1) is 11.3 Å². The molecule has 0 unspecified atom stereocenters. The zero-order valence-electron chi connectivity index (χ0n) is 18.2. The molecule has 0 aliphatic rings. The zero-order valence-corrected chi connectivity index (χ0v) is 18.2. The molecule has 0 saturated carbocycles. The van der Waals surface area contributed by atoms with Gasteiger partial charge in [-0.15, -0.1) is 0 Å². The zero-order chi connectivity index (χ0) is 23.2. The number of carbonyl (C=O) groups is 1. The summed E-state index contributed by atoms with van der Waals surface area (Å²) in [6, 6.07) is 16.8. The number of benzene rings is 2. The Morgan fingerprint density at radius 3 is 2.34 bits per heavy atom. The maximum atomic E-state index is 9.32. The van der Waals surface area contributed by atoms with Crippen molar-refractivity contribution >= 4 is 23.6 Å². The topological polar surface area (TPSA) is 126 Å². The van der Waals surface area contributed by atoms with Gasteiger partial charge in [-0.1, -0.05) is 24.3 Å². The molecule has 0 atom stereocenters. The molecule has 0 amide bonds. The maximum absolute atomic E-state index is 9.32. The van der Waals surface area contributed by atoms with Gasteiger partial charge in [0, 0.05) is 18.7 Å². The molecule has 8 nitrogen and oxygen atoms in total. The van der Waals surface area contributed by atoms with Gasteiger partial charge < -0.3 is 21.1 Å². The average Bonchev–Trinajstić information content (AvgIpc) is 2.81. The highest BCUT2D eigenvalue weighted by atomic mass is 16.5. The number of hydrogen-bond acceptors (Lipinski definition) is 8. The maximum Gasteiger partial charge on any atom is 0.142 e. The van der Waals surface area contributed by atoms with Crippen LogP contribution in [-0.4, -0.2) is 42.1 Å². The van der Waals surface area contributed by atoms with E-state index in [1.807, 2.05) is 61.6 Å². The third kappa shape index (κ3) is 7.33. The minimum absolute atomic E-state index is 0.256. The molecule has 2 aromatic carbocycles. The van der Waals surface area contributed by atoms with Gasteiger partial charge in [0.2, 0.25) is 0 Å². The number of aromatic nitrogens is 2. The molecule has 0 spiro atoms. The molecule has 0 aliphatic heterocycles. The van der Waals surface area contributed by atoms with Gasteiger partial charge in [-0.05, 0) is 56.4 Å². The standard InChI is InChI=1S/C20H22N6O.C4H6O/c1-23-11-12-24-20-17(19(22)25-13-26-20)18(21)14-7-9-16(10-8-14)27-15-5-3-2-4-6-15;1-2-3-4-5/h2-10,13,21,23H,11-12H2,1H3,(H3,22,24,25,26);2-4H,1H3/b;3-2+. The molecule has 0 radical (unpaired) electrons. The lowest BCUT2D eigenvalue weighted by molar-refractivity contribution is -0.104. The number of aldehydes is 1. The molecule has 166 valence electrons. The minimum atomic E-state index is 0.256. The molecule has 3 rings (SSSR count). The highest BCUT2D eigenvalue weighted by molar-refractivity contribution is 6.16. The number of nitrogens with one attached hydrogen (secondary N) is 3. The number of carbonyl (C=O) groups excluding carboxylic acids is 1. The minimum Gasteiger partial charge on any atom is -0.457 e. The summed E-state index contributed by atoms with van der Waals surface area (Å²) in [5.41, 5.74) is 7.47. The van der Waals surface area contributed by atoms with E-state index in [1.165, 1.54) is 12.4 Å². The number of hydrogen-bond donors (Lipinski definition) is 4. The van der Waals surface area contributed by atoms with Gasteiger partial charge in [-0.2, -0.15) is 0 Å². The fourth-order valence-corrected chi connectivity index (χ4v) is 2.62. The predicted octanol–water partition coefficient (Wildman–Crippen LogP) is 3.66. The van der Waals surface area contributed by atoms with Crippen LogP contribution >= 0.6 is 0 Å². The van der Waals surface area contributed by atoms with Crippen molar-refractivity contribution in [2.45, 2.75) is 6.92 Å². The molecule has 0 saturated heterocycles. The van der Waals surface area contributed by atoms with Gasteiger partial charge in [0.1, 0.15) is 35.7 Å². The van der Waals surface area contributed by atoms with Crippen molar-refractivity contribution in [1.29, 1.82) is 5.41 Å². The summed E-state index contributed by atoms with van der Waals surface area (Å²) < 4.78 is 5.79. The van der Waals surface area contributed by atoms with Crippen LogP contribution in [0.4, 0.5) is 11.6 Å². The average molecular weight is 433 g/mol. The van der Waals surface area contributed by atoms with Crippen LogP contribution in [0.15, 0.2) is 73.1 Å². The summed E-state index contributed by atoms with van der Waals surface area (Å²) >= 11 is 0. The number of likely N-dealkylation sites (N-methyl/N-ethyl adjacent to an activating group) is 1. The number of allylic oxidation sites excluding steroid dienone is 2. The molecule has 32 heavy (non-hydrogen) atoms. The van der Waals surface area contributed by atoms with Crippen LogP contribution < -0.4 is 21.1 Å². The van der Waals surface area contributed by atoms with Crippen molar-refractivity contribution < 1.29 is 9.53 Å². The second-order valence-corrected chi connectivity index (χ2v) is 6.49. The molecule has 5 N–H and O–H groups in total. The van der Waals surface area contributed by atoms with Crippen molar-refractivity contribution in [3.05, 3.63) is 84.2 Å². The van der Waals surface area contributed by atoms with Crippen molar-refractivity contribution in [2.24, 2.45) is 0 Å². The van der Waals surface area contributed by atoms with Crippen molar-refractivity contribution in [2.75, 3.05) is 31.2 Å². The van der Waals surface area contributed by atoms with E-state index in [0.29, 0.717) is 29.2 Å². The SMILES string of the molecule is C/C=C/C=O.CNCCNc1ncnc(N)c1C(=N)c1ccc(Oc2ccccc2)cc1. The van der Waals surface area contributed by atoms with Gasteiger partial charge in [0.15, 0.2) is 0 Å². The first-order chi connectivity index (χ1) is 15.6. The van der Waals surface area contributed by atoms with Gasteiger partial charge in [-0.3, -0.25) is 10.2 Å². The van der Waals surface area contributed by atoms with E-state index < -0.39 is 0 Å². The Kier molecular flexibility index (Phi) is 10.1. The van der Waals surface area contributed by atoms with Crippen LogP contribution in [-0.2, 0) is 4.79 Å². The Labute approximate surface area is 188 Å². The second-order valence-electron chi connectivity index (χ2n) is 6.49. The van der Waals surface area contributed by atoms with Crippen molar-refractivity contribution in [1.82, 2.24) is 15.3 Å². The van der Waals surface area contributed by atoms with E-state index in [0.717, 1.165) is 18.6 Å². The monoisotopic (exact) mass is 432 g/mol. The number of nitrogen functional groups attached to an aromatic ring is 1. The number of para-hydroxylation sites is 1. The van der Waals surface area contributed by atoms with Crippen LogP contribution in [0.3, 0.4) is 0 Å². The second kappa shape index (κ2) is 13.3. The van der Waals surface area contributed by atoms with E-state index in [2.05, 4.69) is 20.6 Å². The first-order valence-corrected chi connectivity index (χ1v) is 10.1. The van der Waals surface area contributed by atoms with E-state index in [1.54, 1.807) is 13.0 Å². The number of nitrogens with zero attached hydrogens (tertiary/aromatic N) is 2. The summed E-state index contributed by atoms with van der Waals surface area (Å²) in [6.45, 7) is 3.23. The van der Waals surface area contributed by atoms with Crippen LogP contribution in [0.25, 0.3) is 0 Å². The lowest BCUT2D eigenvalue weighted by Gasteiger charge is -2.14. The Bertz CT molecular complexity index is 1020. The number of rotatable bonds is 9. The summed E-state index contributed by atoms with van der Waals surface area (Å²) in [6.07, 6.45) is 5.28. The molecule has 0 aliphatic carbocycles. The normalized spacial score (nSPS) is 10.2. The molecule has 1 aromatic heterocycles. The quantitative estimate of drug-likeness (QED) is 0.176. The van der Waals surface area contributed by atoms with Crippen molar-refractivity contribution in [3.8, 4) is 11.5 Å². The van der Waals surface area contributed by atoms with Crippen molar-refractivity contribution in [3.63, 3.8) is 0 Å². The summed E-state index contributed by atoms with van der Waals surface area (Å²) in [4.78, 5) is 17.6. The fourth-order valence-electron chi connectivity index (χ4n) is 2.62. The van der Waals surface area contributed by atoms with Gasteiger partial charge in [0.25, 0.3) is 0 Å². The lowest BCUT2D eigenvalue weighted by Crippen LogP contribution is -2.20. The Morgan fingerprint density at radius 1 is 1.06 bits per heavy atom. The summed E-state index contributed by atoms with van der Waals surface area (Å²) in [5.74, 6) is 2.28. The largest absolute Gasteiger partial charge is 0.457 e. The molecular weight excluding hydrogens is 404 g/mol. The van der Waals surface area contributed by atoms with Crippen LogP contribution in [0.5, 0.6) is 11.5 Å². The predicted molar refractivity (Wildman–Crippen MR) is 129 cm³/mol.